The molecule has 2 aliphatic heterocycles. The van der Waals surface area contributed by atoms with Gasteiger partial charge in [0, 0.05) is 31.2 Å². The molecule has 1 atom stereocenters. The van der Waals surface area contributed by atoms with Crippen molar-refractivity contribution < 1.29 is 14.9 Å². The van der Waals surface area contributed by atoms with Crippen molar-refractivity contribution in [3.05, 3.63) is 29.8 Å². The quantitative estimate of drug-likeness (QED) is 0.746. The van der Waals surface area contributed by atoms with Gasteiger partial charge in [-0.15, -0.1) is 0 Å². The van der Waals surface area contributed by atoms with Crippen LogP contribution < -0.4 is 4.74 Å². The first-order chi connectivity index (χ1) is 13.7. The van der Waals surface area contributed by atoms with E-state index in [0.717, 1.165) is 24.4 Å². The molecule has 2 saturated heterocycles. The number of likely N-dealkylation sites (tertiary alicyclic amines) is 2. The summed E-state index contributed by atoms with van der Waals surface area (Å²) in [6.07, 6.45) is 7.40. The fourth-order valence-corrected chi connectivity index (χ4v) is 4.37. The van der Waals surface area contributed by atoms with E-state index < -0.39 is 6.10 Å². The van der Waals surface area contributed by atoms with E-state index in [1.165, 1.54) is 64.7 Å². The fraction of sp³-hybridized carbons (Fsp3) is 0.739. The third-order valence-electron chi connectivity index (χ3n) is 5.79. The molecule has 0 spiro atoms. The summed E-state index contributed by atoms with van der Waals surface area (Å²) >= 11 is 0. The van der Waals surface area contributed by atoms with Crippen LogP contribution in [0.25, 0.3) is 0 Å². The zero-order chi connectivity index (χ0) is 20.2. The number of benzene rings is 1. The summed E-state index contributed by atoms with van der Waals surface area (Å²) in [6, 6.07) is 7.94. The van der Waals surface area contributed by atoms with E-state index in [0.29, 0.717) is 0 Å². The first-order valence-corrected chi connectivity index (χ1v) is 11.1. The Morgan fingerprint density at radius 3 is 1.82 bits per heavy atom. The number of aliphatic hydroxyl groups is 2. The van der Waals surface area contributed by atoms with Crippen LogP contribution in [0.4, 0.5) is 0 Å². The molecular weight excluding hydrogens is 352 g/mol. The molecule has 3 rings (SSSR count). The molecule has 5 heteroatoms. The maximum Gasteiger partial charge on any atom is 0.124 e. The van der Waals surface area contributed by atoms with Gasteiger partial charge >= 0.3 is 0 Å². The number of hydrogen-bond donors (Lipinski definition) is 2. The molecule has 5 nitrogen and oxygen atoms in total. The van der Waals surface area contributed by atoms with Crippen molar-refractivity contribution in [3.8, 4) is 5.75 Å². The lowest BCUT2D eigenvalue weighted by molar-refractivity contribution is 0.0431. The van der Waals surface area contributed by atoms with E-state index in [4.69, 9.17) is 9.84 Å². The van der Waals surface area contributed by atoms with Crippen LogP contribution in [0.5, 0.6) is 5.75 Å². The number of para-hydroxylation sites is 1. The van der Waals surface area contributed by atoms with Gasteiger partial charge < -0.3 is 24.7 Å². The van der Waals surface area contributed by atoms with Gasteiger partial charge in [-0.3, -0.25) is 0 Å². The molecule has 28 heavy (non-hydrogen) atoms. The van der Waals surface area contributed by atoms with Crippen molar-refractivity contribution in [2.24, 2.45) is 5.92 Å². The normalized spacial score (nSPS) is 19.8. The molecule has 0 amide bonds. The van der Waals surface area contributed by atoms with E-state index in [2.05, 4.69) is 9.80 Å². The predicted octanol–water partition coefficient (Wildman–Crippen LogP) is 3.32. The van der Waals surface area contributed by atoms with E-state index in [-0.39, 0.29) is 12.5 Å². The monoisotopic (exact) mass is 392 g/mol. The topological polar surface area (TPSA) is 56.2 Å². The van der Waals surface area contributed by atoms with Crippen LogP contribution >= 0.6 is 0 Å². The number of ether oxygens (including phenoxy) is 1. The average molecular weight is 393 g/mol. The first kappa shape index (κ1) is 23.1. The van der Waals surface area contributed by atoms with E-state index in [1.54, 1.807) is 14.0 Å². The summed E-state index contributed by atoms with van der Waals surface area (Å²) in [6.45, 7) is 8.60. The van der Waals surface area contributed by atoms with Gasteiger partial charge in [0.25, 0.3) is 0 Å². The summed E-state index contributed by atoms with van der Waals surface area (Å²) in [5.41, 5.74) is 0.934. The highest BCUT2D eigenvalue weighted by Gasteiger charge is 2.28. The molecule has 160 valence electrons. The SMILES string of the molecule is CCO.COc1ccccc1C(O)C(CN1CCCCC1)CN1CCCCC1. The molecule has 2 fully saturated rings. The molecule has 0 radical (unpaired) electrons. The summed E-state index contributed by atoms with van der Waals surface area (Å²) in [7, 11) is 1.69. The highest BCUT2D eigenvalue weighted by molar-refractivity contribution is 5.35. The van der Waals surface area contributed by atoms with Crippen LogP contribution in [0.1, 0.15) is 57.1 Å². The third kappa shape index (κ3) is 7.36. The Hall–Kier alpha value is -1.14. The van der Waals surface area contributed by atoms with Gasteiger partial charge in [0.1, 0.15) is 5.75 Å². The minimum Gasteiger partial charge on any atom is -0.496 e. The lowest BCUT2D eigenvalue weighted by Gasteiger charge is -2.37. The van der Waals surface area contributed by atoms with E-state index in [1.807, 2.05) is 24.3 Å². The Morgan fingerprint density at radius 1 is 0.893 bits per heavy atom. The predicted molar refractivity (Wildman–Crippen MR) is 115 cm³/mol. The average Bonchev–Trinajstić information content (AvgIpc) is 2.75. The van der Waals surface area contributed by atoms with Crippen molar-refractivity contribution in [2.45, 2.75) is 51.6 Å². The summed E-state index contributed by atoms with van der Waals surface area (Å²) in [5, 5.41) is 18.8. The zero-order valence-electron chi connectivity index (χ0n) is 17.9. The van der Waals surface area contributed by atoms with Crippen molar-refractivity contribution >= 4 is 0 Å². The number of hydrogen-bond acceptors (Lipinski definition) is 5. The Morgan fingerprint density at radius 2 is 1.36 bits per heavy atom. The fourth-order valence-electron chi connectivity index (χ4n) is 4.37. The van der Waals surface area contributed by atoms with Gasteiger partial charge in [-0.25, -0.2) is 0 Å². The lowest BCUT2D eigenvalue weighted by Crippen LogP contribution is -2.43. The highest BCUT2D eigenvalue weighted by atomic mass is 16.5. The van der Waals surface area contributed by atoms with Crippen molar-refractivity contribution in [1.82, 2.24) is 9.80 Å². The lowest BCUT2D eigenvalue weighted by atomic mass is 9.92. The second kappa shape index (κ2) is 13.2. The number of rotatable bonds is 7. The summed E-state index contributed by atoms with van der Waals surface area (Å²) in [5.74, 6) is 1.03. The summed E-state index contributed by atoms with van der Waals surface area (Å²) < 4.78 is 5.51. The molecule has 2 N–H and O–H groups in total. The van der Waals surface area contributed by atoms with Crippen molar-refractivity contribution in [3.63, 3.8) is 0 Å². The van der Waals surface area contributed by atoms with Crippen molar-refractivity contribution in [2.75, 3.05) is 53.0 Å². The minimum atomic E-state index is -0.472. The number of methoxy groups -OCH3 is 1. The van der Waals surface area contributed by atoms with Crippen molar-refractivity contribution in [1.29, 1.82) is 0 Å². The maximum absolute atomic E-state index is 11.2. The Bertz CT molecular complexity index is 508. The summed E-state index contributed by atoms with van der Waals surface area (Å²) in [4.78, 5) is 5.10. The molecule has 2 heterocycles. The molecule has 0 aromatic heterocycles. The van der Waals surface area contributed by atoms with E-state index in [9.17, 15) is 5.11 Å². The van der Waals surface area contributed by atoms with Crippen LogP contribution in [0.3, 0.4) is 0 Å². The Balaban J connectivity index is 0.000000878. The van der Waals surface area contributed by atoms with Gasteiger partial charge in [0.15, 0.2) is 0 Å². The standard InChI is InChI=1S/C21H34N2O2.C2H6O/c1-25-20-11-5-4-10-19(20)21(24)18(16-22-12-6-2-7-13-22)17-23-14-8-3-9-15-23;1-2-3/h4-5,10-11,18,21,24H,2-3,6-9,12-17H2,1H3;3H,2H2,1H3. The Labute approximate surface area is 171 Å². The molecule has 1 aromatic rings. The largest absolute Gasteiger partial charge is 0.496 e. The molecule has 0 bridgehead atoms. The molecule has 2 aliphatic rings. The molecule has 0 saturated carbocycles. The van der Waals surface area contributed by atoms with E-state index >= 15 is 0 Å². The maximum atomic E-state index is 11.2. The Kier molecular flexibility index (Phi) is 10.9. The van der Waals surface area contributed by atoms with Gasteiger partial charge in [-0.05, 0) is 64.9 Å². The van der Waals surface area contributed by atoms with Crippen LogP contribution in [0, 0.1) is 5.92 Å². The van der Waals surface area contributed by atoms with Gasteiger partial charge in [0.05, 0.1) is 13.2 Å². The van der Waals surface area contributed by atoms with Crippen LogP contribution in [-0.4, -0.2) is 73.0 Å². The molecule has 1 aromatic carbocycles. The number of nitrogens with zero attached hydrogens (tertiary/aromatic N) is 2. The van der Waals surface area contributed by atoms with Gasteiger partial charge in [-0.1, -0.05) is 31.0 Å². The second-order valence-electron chi connectivity index (χ2n) is 7.99. The second-order valence-corrected chi connectivity index (χ2v) is 7.99. The smallest absolute Gasteiger partial charge is 0.124 e. The molecule has 1 unspecified atom stereocenters. The number of piperidine rings is 2. The van der Waals surface area contributed by atoms with Gasteiger partial charge in [-0.2, -0.15) is 0 Å². The molecular formula is C23H40N2O3. The van der Waals surface area contributed by atoms with Gasteiger partial charge in [0.2, 0.25) is 0 Å². The van der Waals surface area contributed by atoms with Crippen LogP contribution in [0.15, 0.2) is 24.3 Å². The molecule has 0 aliphatic carbocycles. The minimum absolute atomic E-state index is 0.229. The number of aliphatic hydroxyl groups excluding tert-OH is 2. The zero-order valence-corrected chi connectivity index (χ0v) is 17.9. The van der Waals surface area contributed by atoms with Crippen LogP contribution in [-0.2, 0) is 0 Å². The highest BCUT2D eigenvalue weighted by Crippen LogP contribution is 2.32. The van der Waals surface area contributed by atoms with Crippen LogP contribution in [0.2, 0.25) is 0 Å². The first-order valence-electron chi connectivity index (χ1n) is 11.1. The third-order valence-corrected chi connectivity index (χ3v) is 5.79.